The van der Waals surface area contributed by atoms with Gasteiger partial charge in [0.1, 0.15) is 23.2 Å². The minimum absolute atomic E-state index is 0.281. The van der Waals surface area contributed by atoms with Crippen LogP contribution in [0.1, 0.15) is 43.5 Å². The summed E-state index contributed by atoms with van der Waals surface area (Å²) in [4.78, 5) is 27.5. The van der Waals surface area contributed by atoms with Gasteiger partial charge in [0.25, 0.3) is 5.91 Å². The number of benzene rings is 2. The lowest BCUT2D eigenvalue weighted by Gasteiger charge is -2.29. The van der Waals surface area contributed by atoms with E-state index in [9.17, 15) is 18.4 Å². The van der Waals surface area contributed by atoms with Crippen molar-refractivity contribution in [1.82, 2.24) is 5.32 Å². The predicted molar refractivity (Wildman–Crippen MR) is 114 cm³/mol. The number of rotatable bonds is 6. The first-order valence-corrected chi connectivity index (χ1v) is 10.3. The van der Waals surface area contributed by atoms with Crippen molar-refractivity contribution < 1.29 is 18.4 Å². The van der Waals surface area contributed by atoms with Crippen LogP contribution < -0.4 is 15.5 Å². The average molecular weight is 415 g/mol. The molecule has 2 aromatic rings. The molecular weight excluding hydrogens is 388 g/mol. The summed E-state index contributed by atoms with van der Waals surface area (Å²) < 4.78 is 27.8. The molecule has 0 aromatic heterocycles. The molecule has 1 heterocycles. The number of nitrogens with zero attached hydrogens (tertiary/aromatic N) is 1. The zero-order chi connectivity index (χ0) is 21.7. The van der Waals surface area contributed by atoms with Crippen LogP contribution in [0.4, 0.5) is 20.2 Å². The summed E-state index contributed by atoms with van der Waals surface area (Å²) in [5.74, 6) is -3.62. The average Bonchev–Trinajstić information content (AvgIpc) is 2.73. The number of carbonyl (C=O) groups is 2. The molecule has 1 aliphatic heterocycles. The van der Waals surface area contributed by atoms with Crippen LogP contribution in [-0.4, -0.2) is 30.9 Å². The smallest absolute Gasteiger partial charge is 0.257 e. The van der Waals surface area contributed by atoms with Gasteiger partial charge in [-0.25, -0.2) is 8.78 Å². The lowest BCUT2D eigenvalue weighted by Crippen LogP contribution is -2.47. The van der Waals surface area contributed by atoms with E-state index in [-0.39, 0.29) is 5.92 Å². The second kappa shape index (κ2) is 9.69. The van der Waals surface area contributed by atoms with Gasteiger partial charge < -0.3 is 15.5 Å². The molecule has 2 amide bonds. The van der Waals surface area contributed by atoms with Crippen molar-refractivity contribution in [3.63, 3.8) is 0 Å². The molecule has 0 spiro atoms. The summed E-state index contributed by atoms with van der Waals surface area (Å²) in [7, 11) is 0. The normalized spacial score (nSPS) is 15.0. The van der Waals surface area contributed by atoms with Gasteiger partial charge in [-0.1, -0.05) is 19.9 Å². The molecule has 1 saturated heterocycles. The van der Waals surface area contributed by atoms with E-state index in [2.05, 4.69) is 15.5 Å². The summed E-state index contributed by atoms with van der Waals surface area (Å²) in [6.07, 6.45) is 3.61. The van der Waals surface area contributed by atoms with E-state index in [1.54, 1.807) is 13.8 Å². The summed E-state index contributed by atoms with van der Waals surface area (Å²) in [6.45, 7) is 5.56. The molecule has 2 aromatic carbocycles. The van der Waals surface area contributed by atoms with Crippen molar-refractivity contribution >= 4 is 23.2 Å². The Hall–Kier alpha value is -2.96. The van der Waals surface area contributed by atoms with Crippen LogP contribution in [-0.2, 0) is 4.79 Å². The van der Waals surface area contributed by atoms with Crippen molar-refractivity contribution in [2.45, 2.75) is 39.2 Å². The molecule has 1 aliphatic rings. The zero-order valence-corrected chi connectivity index (χ0v) is 17.3. The second-order valence-corrected chi connectivity index (χ2v) is 7.88. The highest BCUT2D eigenvalue weighted by Gasteiger charge is 2.27. The highest BCUT2D eigenvalue weighted by molar-refractivity contribution is 6.01. The number of hydrogen-bond acceptors (Lipinski definition) is 3. The first-order chi connectivity index (χ1) is 14.4. The van der Waals surface area contributed by atoms with Gasteiger partial charge in [0.15, 0.2) is 0 Å². The number of anilines is 2. The Balaban J connectivity index is 1.67. The van der Waals surface area contributed by atoms with E-state index in [4.69, 9.17) is 0 Å². The molecule has 1 unspecified atom stereocenters. The monoisotopic (exact) mass is 415 g/mol. The Morgan fingerprint density at radius 2 is 1.53 bits per heavy atom. The highest BCUT2D eigenvalue weighted by atomic mass is 19.1. The molecule has 0 aliphatic carbocycles. The second-order valence-electron chi connectivity index (χ2n) is 7.88. The van der Waals surface area contributed by atoms with E-state index in [1.807, 2.05) is 24.3 Å². The van der Waals surface area contributed by atoms with Crippen molar-refractivity contribution in [2.75, 3.05) is 23.3 Å². The van der Waals surface area contributed by atoms with Crippen molar-refractivity contribution in [3.8, 4) is 0 Å². The number of piperidine rings is 1. The number of hydrogen-bond donors (Lipinski definition) is 2. The van der Waals surface area contributed by atoms with Gasteiger partial charge in [0.2, 0.25) is 5.91 Å². The van der Waals surface area contributed by atoms with E-state index in [0.717, 1.165) is 30.9 Å². The van der Waals surface area contributed by atoms with Crippen LogP contribution in [0.2, 0.25) is 0 Å². The van der Waals surface area contributed by atoms with Gasteiger partial charge in [0, 0.05) is 24.5 Å². The molecule has 0 radical (unpaired) electrons. The summed E-state index contributed by atoms with van der Waals surface area (Å²) in [5, 5.41) is 5.24. The summed E-state index contributed by atoms with van der Waals surface area (Å²) in [6, 6.07) is 9.80. The van der Waals surface area contributed by atoms with Gasteiger partial charge in [-0.2, -0.15) is 0 Å². The Morgan fingerprint density at radius 3 is 2.10 bits per heavy atom. The third-order valence-corrected chi connectivity index (χ3v) is 5.28. The Labute approximate surface area is 175 Å². The van der Waals surface area contributed by atoms with Gasteiger partial charge in [-0.05, 0) is 61.6 Å². The van der Waals surface area contributed by atoms with Crippen molar-refractivity contribution in [1.29, 1.82) is 0 Å². The van der Waals surface area contributed by atoms with Crippen LogP contribution in [0, 0.1) is 17.6 Å². The van der Waals surface area contributed by atoms with Crippen LogP contribution in [0.3, 0.4) is 0 Å². The van der Waals surface area contributed by atoms with Crippen molar-refractivity contribution in [3.05, 3.63) is 59.7 Å². The zero-order valence-electron chi connectivity index (χ0n) is 17.3. The predicted octanol–water partition coefficient (Wildman–Crippen LogP) is 4.35. The molecule has 2 N–H and O–H groups in total. The first-order valence-electron chi connectivity index (χ1n) is 10.3. The van der Waals surface area contributed by atoms with Gasteiger partial charge in [-0.15, -0.1) is 0 Å². The van der Waals surface area contributed by atoms with Crippen LogP contribution >= 0.6 is 0 Å². The molecular formula is C23H27F2N3O2. The molecule has 7 heteroatoms. The maximum absolute atomic E-state index is 13.9. The first kappa shape index (κ1) is 21.7. The lowest BCUT2D eigenvalue weighted by molar-refractivity contribution is -0.118. The molecule has 160 valence electrons. The molecule has 1 atom stereocenters. The molecule has 0 saturated carbocycles. The number of nitrogens with one attached hydrogen (secondary N) is 2. The third kappa shape index (κ3) is 5.14. The minimum atomic E-state index is -0.969. The standard InChI is InChI=1S/C23H27F2N3O2/c1-15(2)21(27-22(29)20-18(24)7-6-8-19(20)25)23(30)26-16-9-11-17(12-10-16)28-13-4-3-5-14-28/h6-12,15,21H,3-5,13-14H2,1-2H3,(H,26,30)(H,27,29). The maximum Gasteiger partial charge on any atom is 0.257 e. The fourth-order valence-corrected chi connectivity index (χ4v) is 3.59. The molecule has 5 nitrogen and oxygen atoms in total. The van der Waals surface area contributed by atoms with Crippen LogP contribution in [0.15, 0.2) is 42.5 Å². The topological polar surface area (TPSA) is 61.4 Å². The van der Waals surface area contributed by atoms with Crippen LogP contribution in [0.5, 0.6) is 0 Å². The van der Waals surface area contributed by atoms with E-state index in [1.165, 1.54) is 25.3 Å². The fourth-order valence-electron chi connectivity index (χ4n) is 3.59. The lowest BCUT2D eigenvalue weighted by atomic mass is 10.0. The van der Waals surface area contributed by atoms with E-state index in [0.29, 0.717) is 5.69 Å². The van der Waals surface area contributed by atoms with Crippen molar-refractivity contribution in [2.24, 2.45) is 5.92 Å². The van der Waals surface area contributed by atoms with E-state index < -0.39 is 35.1 Å². The SMILES string of the molecule is CC(C)C(NC(=O)c1c(F)cccc1F)C(=O)Nc1ccc(N2CCCCC2)cc1. The third-order valence-electron chi connectivity index (χ3n) is 5.28. The van der Waals surface area contributed by atoms with E-state index >= 15 is 0 Å². The molecule has 0 bridgehead atoms. The summed E-state index contributed by atoms with van der Waals surface area (Å²) in [5.41, 5.74) is 1.01. The van der Waals surface area contributed by atoms with Gasteiger partial charge in [-0.3, -0.25) is 9.59 Å². The minimum Gasteiger partial charge on any atom is -0.372 e. The maximum atomic E-state index is 13.9. The molecule has 30 heavy (non-hydrogen) atoms. The van der Waals surface area contributed by atoms with Gasteiger partial charge in [0.05, 0.1) is 0 Å². The Morgan fingerprint density at radius 1 is 0.933 bits per heavy atom. The fraction of sp³-hybridized carbons (Fsp3) is 0.391. The molecule has 3 rings (SSSR count). The Kier molecular flexibility index (Phi) is 7.03. The van der Waals surface area contributed by atoms with Crippen LogP contribution in [0.25, 0.3) is 0 Å². The highest BCUT2D eigenvalue weighted by Crippen LogP contribution is 2.22. The molecule has 1 fully saturated rings. The number of halogens is 2. The number of carbonyl (C=O) groups excluding carboxylic acids is 2. The summed E-state index contributed by atoms with van der Waals surface area (Å²) >= 11 is 0. The van der Waals surface area contributed by atoms with Gasteiger partial charge >= 0.3 is 0 Å². The number of amides is 2. The Bertz CT molecular complexity index is 874. The largest absolute Gasteiger partial charge is 0.372 e. The quantitative estimate of drug-likeness (QED) is 0.738.